The van der Waals surface area contributed by atoms with Crippen molar-refractivity contribution in [2.45, 2.75) is 20.5 Å². The summed E-state index contributed by atoms with van der Waals surface area (Å²) in [5.74, 6) is 0.898. The molecule has 1 heterocycles. The number of hydrogen-bond donors (Lipinski definition) is 1. The number of aliphatic imine (C=N–C) groups is 1. The first-order valence-electron chi connectivity index (χ1n) is 10.6. The number of amides is 1. The van der Waals surface area contributed by atoms with Crippen LogP contribution in [0.1, 0.15) is 27.8 Å². The third-order valence-electron chi connectivity index (χ3n) is 5.09. The standard InChI is InChI=1S/C27H23N3O3S/c1-17-10-18(2)12-22(11-17)29-27-30-26(31)25(34-27)14-19-8-9-23(24(13-19)32-3)33-16-21-7-5-4-6-20(21)15-28/h4-14H,16H2,1-3H3,(H,29,30,31)/b25-14+. The molecule has 0 aromatic heterocycles. The number of ether oxygens (including phenoxy) is 2. The number of nitrogens with zero attached hydrogens (tertiary/aromatic N) is 2. The van der Waals surface area contributed by atoms with Crippen LogP contribution < -0.4 is 14.8 Å². The molecule has 34 heavy (non-hydrogen) atoms. The highest BCUT2D eigenvalue weighted by molar-refractivity contribution is 8.18. The van der Waals surface area contributed by atoms with E-state index < -0.39 is 0 Å². The normalized spacial score (nSPS) is 15.3. The lowest BCUT2D eigenvalue weighted by atomic mass is 10.1. The quantitative estimate of drug-likeness (QED) is 0.471. The Morgan fingerprint density at radius 2 is 1.82 bits per heavy atom. The first kappa shape index (κ1) is 23.1. The molecule has 1 N–H and O–H groups in total. The van der Waals surface area contributed by atoms with E-state index >= 15 is 0 Å². The molecule has 0 radical (unpaired) electrons. The Hall–Kier alpha value is -4.02. The summed E-state index contributed by atoms with van der Waals surface area (Å²) in [6, 6.07) is 21.0. The van der Waals surface area contributed by atoms with E-state index in [4.69, 9.17) is 9.47 Å². The average molecular weight is 470 g/mol. The second-order valence-corrected chi connectivity index (χ2v) is 8.83. The topological polar surface area (TPSA) is 83.7 Å². The van der Waals surface area contributed by atoms with Gasteiger partial charge in [0.2, 0.25) is 0 Å². The van der Waals surface area contributed by atoms with Crippen LogP contribution in [-0.4, -0.2) is 18.2 Å². The average Bonchev–Trinajstić information content (AvgIpc) is 3.15. The van der Waals surface area contributed by atoms with Gasteiger partial charge in [-0.05, 0) is 78.7 Å². The van der Waals surface area contributed by atoms with Crippen LogP contribution in [-0.2, 0) is 11.4 Å². The molecule has 6 nitrogen and oxygen atoms in total. The van der Waals surface area contributed by atoms with Crippen LogP contribution >= 0.6 is 11.8 Å². The van der Waals surface area contributed by atoms with Crippen molar-refractivity contribution in [3.05, 3.63) is 93.4 Å². The number of amidine groups is 1. The van der Waals surface area contributed by atoms with Crippen molar-refractivity contribution >= 4 is 34.6 Å². The van der Waals surface area contributed by atoms with Crippen LogP contribution in [0, 0.1) is 25.2 Å². The number of nitrogens with one attached hydrogen (secondary N) is 1. The molecule has 1 saturated heterocycles. The van der Waals surface area contributed by atoms with Crippen LogP contribution in [0.25, 0.3) is 6.08 Å². The molecule has 1 amide bonds. The minimum Gasteiger partial charge on any atom is -0.493 e. The van der Waals surface area contributed by atoms with Gasteiger partial charge in [0, 0.05) is 5.56 Å². The fourth-order valence-corrected chi connectivity index (χ4v) is 4.41. The molecule has 0 saturated carbocycles. The Morgan fingerprint density at radius 3 is 2.56 bits per heavy atom. The predicted octanol–water partition coefficient (Wildman–Crippen LogP) is 5.65. The Kier molecular flexibility index (Phi) is 7.00. The van der Waals surface area contributed by atoms with E-state index in [0.29, 0.717) is 27.1 Å². The van der Waals surface area contributed by atoms with Gasteiger partial charge in [0.25, 0.3) is 5.91 Å². The van der Waals surface area contributed by atoms with E-state index in [2.05, 4.69) is 22.4 Å². The number of carbonyl (C=O) groups is 1. The van der Waals surface area contributed by atoms with Gasteiger partial charge in [-0.2, -0.15) is 5.26 Å². The summed E-state index contributed by atoms with van der Waals surface area (Å²) in [6.07, 6.45) is 1.79. The first-order valence-corrected chi connectivity index (χ1v) is 11.4. The number of hydrogen-bond acceptors (Lipinski definition) is 6. The van der Waals surface area contributed by atoms with E-state index in [0.717, 1.165) is 27.9 Å². The minimum absolute atomic E-state index is 0.194. The van der Waals surface area contributed by atoms with Gasteiger partial charge in [-0.3, -0.25) is 4.79 Å². The van der Waals surface area contributed by atoms with Gasteiger partial charge >= 0.3 is 0 Å². The smallest absolute Gasteiger partial charge is 0.264 e. The second-order valence-electron chi connectivity index (χ2n) is 7.80. The molecule has 0 spiro atoms. The molecular weight excluding hydrogens is 446 g/mol. The summed E-state index contributed by atoms with van der Waals surface area (Å²) in [4.78, 5) is 17.6. The maximum absolute atomic E-state index is 12.5. The number of nitriles is 1. The summed E-state index contributed by atoms with van der Waals surface area (Å²) in [5.41, 5.74) is 5.22. The molecule has 1 aliphatic rings. The van der Waals surface area contributed by atoms with Crippen molar-refractivity contribution in [2.24, 2.45) is 4.99 Å². The number of carbonyl (C=O) groups excluding carboxylic acids is 1. The molecule has 0 atom stereocenters. The third kappa shape index (κ3) is 5.48. The number of methoxy groups -OCH3 is 1. The van der Waals surface area contributed by atoms with Gasteiger partial charge in [0.1, 0.15) is 6.61 Å². The monoisotopic (exact) mass is 469 g/mol. The van der Waals surface area contributed by atoms with Crippen LogP contribution in [0.15, 0.2) is 70.6 Å². The summed E-state index contributed by atoms with van der Waals surface area (Å²) < 4.78 is 11.4. The van der Waals surface area contributed by atoms with Crippen molar-refractivity contribution in [1.82, 2.24) is 5.32 Å². The van der Waals surface area contributed by atoms with Crippen LogP contribution in [0.5, 0.6) is 11.5 Å². The van der Waals surface area contributed by atoms with Crippen molar-refractivity contribution < 1.29 is 14.3 Å². The molecule has 1 fully saturated rings. The Balaban J connectivity index is 1.51. The van der Waals surface area contributed by atoms with Crippen molar-refractivity contribution in [3.8, 4) is 17.6 Å². The number of thioether (sulfide) groups is 1. The second kappa shape index (κ2) is 10.3. The van der Waals surface area contributed by atoms with Crippen LogP contribution in [0.3, 0.4) is 0 Å². The summed E-state index contributed by atoms with van der Waals surface area (Å²) >= 11 is 1.30. The third-order valence-corrected chi connectivity index (χ3v) is 6.00. The van der Waals surface area contributed by atoms with Gasteiger partial charge in [-0.25, -0.2) is 4.99 Å². The summed E-state index contributed by atoms with van der Waals surface area (Å²) in [7, 11) is 1.56. The molecule has 3 aromatic carbocycles. The highest BCUT2D eigenvalue weighted by Crippen LogP contribution is 2.33. The maximum atomic E-state index is 12.5. The van der Waals surface area contributed by atoms with Crippen LogP contribution in [0.2, 0.25) is 0 Å². The zero-order chi connectivity index (χ0) is 24.1. The number of benzene rings is 3. The zero-order valence-corrected chi connectivity index (χ0v) is 19.9. The van der Waals surface area contributed by atoms with Crippen molar-refractivity contribution in [3.63, 3.8) is 0 Å². The van der Waals surface area contributed by atoms with E-state index in [9.17, 15) is 10.1 Å². The van der Waals surface area contributed by atoms with E-state index in [1.165, 1.54) is 11.8 Å². The summed E-state index contributed by atoms with van der Waals surface area (Å²) in [5, 5.41) is 12.6. The highest BCUT2D eigenvalue weighted by atomic mass is 32.2. The van der Waals surface area contributed by atoms with Crippen molar-refractivity contribution in [1.29, 1.82) is 5.26 Å². The van der Waals surface area contributed by atoms with Gasteiger partial charge in [0.05, 0.1) is 29.3 Å². The molecule has 4 rings (SSSR count). The number of aryl methyl sites for hydroxylation is 2. The lowest BCUT2D eigenvalue weighted by Crippen LogP contribution is -2.19. The highest BCUT2D eigenvalue weighted by Gasteiger charge is 2.24. The van der Waals surface area contributed by atoms with Gasteiger partial charge < -0.3 is 14.8 Å². The molecule has 0 unspecified atom stereocenters. The van der Waals surface area contributed by atoms with Gasteiger partial charge in [0.15, 0.2) is 16.7 Å². The lowest BCUT2D eigenvalue weighted by molar-refractivity contribution is -0.115. The largest absolute Gasteiger partial charge is 0.493 e. The Labute approximate surface area is 202 Å². The summed E-state index contributed by atoms with van der Waals surface area (Å²) in [6.45, 7) is 4.29. The van der Waals surface area contributed by atoms with Gasteiger partial charge in [-0.1, -0.05) is 30.3 Å². The Morgan fingerprint density at radius 1 is 1.06 bits per heavy atom. The lowest BCUT2D eigenvalue weighted by Gasteiger charge is -2.12. The molecular formula is C27H23N3O3S. The molecule has 7 heteroatoms. The fourth-order valence-electron chi connectivity index (χ4n) is 3.57. The Bertz CT molecular complexity index is 1340. The van der Waals surface area contributed by atoms with E-state index in [1.807, 2.05) is 56.3 Å². The molecule has 0 aliphatic carbocycles. The van der Waals surface area contributed by atoms with E-state index in [-0.39, 0.29) is 12.5 Å². The SMILES string of the molecule is COc1cc(/C=C2/SC(=Nc3cc(C)cc(C)c3)NC2=O)ccc1OCc1ccccc1C#N. The van der Waals surface area contributed by atoms with Crippen molar-refractivity contribution in [2.75, 3.05) is 7.11 Å². The molecule has 0 bridgehead atoms. The molecule has 3 aromatic rings. The van der Waals surface area contributed by atoms with Gasteiger partial charge in [-0.15, -0.1) is 0 Å². The fraction of sp³-hybridized carbons (Fsp3) is 0.148. The molecule has 170 valence electrons. The zero-order valence-electron chi connectivity index (χ0n) is 19.1. The minimum atomic E-state index is -0.194. The van der Waals surface area contributed by atoms with Crippen LogP contribution in [0.4, 0.5) is 5.69 Å². The van der Waals surface area contributed by atoms with E-state index in [1.54, 1.807) is 25.3 Å². The maximum Gasteiger partial charge on any atom is 0.264 e. The molecule has 1 aliphatic heterocycles. The number of rotatable bonds is 6. The first-order chi connectivity index (χ1) is 16.4. The predicted molar refractivity (Wildman–Crippen MR) is 135 cm³/mol.